The van der Waals surface area contributed by atoms with Gasteiger partial charge in [-0.2, -0.15) is 5.10 Å². The number of aryl methyl sites for hydroxylation is 1. The quantitative estimate of drug-likeness (QED) is 0.559. The standard InChI is InChI=1S/C20H17F2N5.ClH/c1-12-4-6-15(22)17(26-12)10-16(23)20-19(3-2-8-24-20)27-18-7-5-14(21)9-13(18)11-25-27;/h2-9,11,16H,10,23H2,1H3;1H/t16-;/m0./s1. The molecule has 3 aromatic heterocycles. The molecule has 0 saturated heterocycles. The van der Waals surface area contributed by atoms with Crippen molar-refractivity contribution in [3.63, 3.8) is 0 Å². The molecule has 28 heavy (non-hydrogen) atoms. The van der Waals surface area contributed by atoms with Gasteiger partial charge in [-0.05, 0) is 49.4 Å². The Bertz CT molecular complexity index is 1130. The van der Waals surface area contributed by atoms with E-state index in [9.17, 15) is 8.78 Å². The minimum atomic E-state index is -0.579. The highest BCUT2D eigenvalue weighted by molar-refractivity contribution is 5.85. The maximum Gasteiger partial charge on any atom is 0.144 e. The lowest BCUT2D eigenvalue weighted by Crippen LogP contribution is -2.19. The van der Waals surface area contributed by atoms with Crippen molar-refractivity contribution < 1.29 is 8.78 Å². The van der Waals surface area contributed by atoms with E-state index in [1.165, 1.54) is 18.2 Å². The van der Waals surface area contributed by atoms with Gasteiger partial charge in [-0.25, -0.2) is 13.5 Å². The number of halogens is 3. The van der Waals surface area contributed by atoms with Crippen molar-refractivity contribution in [3.05, 3.63) is 83.6 Å². The molecule has 0 unspecified atom stereocenters. The molecule has 5 nitrogen and oxygen atoms in total. The first-order valence-electron chi connectivity index (χ1n) is 8.49. The minimum Gasteiger partial charge on any atom is -0.322 e. The van der Waals surface area contributed by atoms with Gasteiger partial charge in [-0.1, -0.05) is 0 Å². The summed E-state index contributed by atoms with van der Waals surface area (Å²) in [5.41, 5.74) is 9.34. The summed E-state index contributed by atoms with van der Waals surface area (Å²) >= 11 is 0. The van der Waals surface area contributed by atoms with Crippen LogP contribution < -0.4 is 5.73 Å². The summed E-state index contributed by atoms with van der Waals surface area (Å²) in [6, 6.07) is 10.5. The van der Waals surface area contributed by atoms with Crippen molar-refractivity contribution in [2.45, 2.75) is 19.4 Å². The Balaban J connectivity index is 0.00000225. The number of fused-ring (bicyclic) bond motifs is 1. The highest BCUT2D eigenvalue weighted by Gasteiger charge is 2.19. The van der Waals surface area contributed by atoms with Crippen LogP contribution in [0.1, 0.15) is 23.1 Å². The lowest BCUT2D eigenvalue weighted by molar-refractivity contribution is 0.573. The molecule has 0 spiro atoms. The predicted octanol–water partition coefficient (Wildman–Crippen LogP) is 4.07. The van der Waals surface area contributed by atoms with E-state index >= 15 is 0 Å². The highest BCUT2D eigenvalue weighted by atomic mass is 35.5. The molecule has 8 heteroatoms. The molecule has 0 aliphatic carbocycles. The second kappa shape index (κ2) is 8.00. The molecule has 0 amide bonds. The van der Waals surface area contributed by atoms with Gasteiger partial charge in [0.1, 0.15) is 11.6 Å². The Morgan fingerprint density at radius 1 is 1.14 bits per heavy atom. The van der Waals surface area contributed by atoms with Crippen LogP contribution in [0.2, 0.25) is 0 Å². The summed E-state index contributed by atoms with van der Waals surface area (Å²) in [7, 11) is 0. The molecule has 0 bridgehead atoms. The van der Waals surface area contributed by atoms with Crippen LogP contribution in [0.3, 0.4) is 0 Å². The number of pyridine rings is 2. The van der Waals surface area contributed by atoms with Crippen molar-refractivity contribution in [2.75, 3.05) is 0 Å². The molecule has 0 aliphatic heterocycles. The normalized spacial score (nSPS) is 12.0. The molecular weight excluding hydrogens is 384 g/mol. The molecule has 0 aliphatic rings. The third-order valence-corrected chi connectivity index (χ3v) is 4.40. The maximum atomic E-state index is 14.1. The van der Waals surface area contributed by atoms with Gasteiger partial charge < -0.3 is 5.73 Å². The zero-order valence-corrected chi connectivity index (χ0v) is 15.8. The van der Waals surface area contributed by atoms with Crippen molar-refractivity contribution in [1.82, 2.24) is 19.7 Å². The Hall–Kier alpha value is -2.90. The van der Waals surface area contributed by atoms with E-state index in [0.717, 1.165) is 11.2 Å². The SMILES string of the molecule is Cc1ccc(F)c(C[C@H](N)c2ncccc2-n2ncc3cc(F)ccc32)n1.Cl. The lowest BCUT2D eigenvalue weighted by Gasteiger charge is -2.16. The maximum absolute atomic E-state index is 14.1. The first-order chi connectivity index (χ1) is 13.0. The van der Waals surface area contributed by atoms with Gasteiger partial charge in [0.25, 0.3) is 0 Å². The van der Waals surface area contributed by atoms with Gasteiger partial charge in [0, 0.05) is 23.7 Å². The Labute approximate surface area is 166 Å². The first kappa shape index (κ1) is 19.9. The summed E-state index contributed by atoms with van der Waals surface area (Å²) in [5.74, 6) is -0.722. The fourth-order valence-electron chi connectivity index (χ4n) is 3.11. The van der Waals surface area contributed by atoms with Crippen LogP contribution in [0.25, 0.3) is 16.6 Å². The molecule has 2 N–H and O–H groups in total. The highest BCUT2D eigenvalue weighted by Crippen LogP contribution is 2.25. The van der Waals surface area contributed by atoms with E-state index in [1.807, 2.05) is 6.07 Å². The topological polar surface area (TPSA) is 69.6 Å². The predicted molar refractivity (Wildman–Crippen MR) is 106 cm³/mol. The largest absolute Gasteiger partial charge is 0.322 e. The summed E-state index contributed by atoms with van der Waals surface area (Å²) in [6.07, 6.45) is 3.41. The number of hydrogen-bond acceptors (Lipinski definition) is 4. The number of rotatable bonds is 4. The Kier molecular flexibility index (Phi) is 5.67. The fraction of sp³-hybridized carbons (Fsp3) is 0.150. The Morgan fingerprint density at radius 3 is 2.79 bits per heavy atom. The fourth-order valence-corrected chi connectivity index (χ4v) is 3.11. The van der Waals surface area contributed by atoms with E-state index in [2.05, 4.69) is 15.1 Å². The van der Waals surface area contributed by atoms with Gasteiger partial charge in [0.15, 0.2) is 0 Å². The summed E-state index contributed by atoms with van der Waals surface area (Å²) < 4.78 is 29.2. The summed E-state index contributed by atoms with van der Waals surface area (Å²) in [4.78, 5) is 8.64. The molecule has 144 valence electrons. The monoisotopic (exact) mass is 401 g/mol. The van der Waals surface area contributed by atoms with Crippen molar-refractivity contribution in [2.24, 2.45) is 5.73 Å². The average Bonchev–Trinajstić information content (AvgIpc) is 3.07. The number of hydrogen-bond donors (Lipinski definition) is 1. The Morgan fingerprint density at radius 2 is 1.96 bits per heavy atom. The zero-order chi connectivity index (χ0) is 19.0. The van der Waals surface area contributed by atoms with Crippen LogP contribution in [0.5, 0.6) is 0 Å². The zero-order valence-electron chi connectivity index (χ0n) is 15.0. The average molecular weight is 402 g/mol. The lowest BCUT2D eigenvalue weighted by atomic mass is 10.1. The molecule has 1 aromatic carbocycles. The summed E-state index contributed by atoms with van der Waals surface area (Å²) in [5, 5.41) is 5.02. The van der Waals surface area contributed by atoms with Gasteiger partial charge >= 0.3 is 0 Å². The van der Waals surface area contributed by atoms with Crippen molar-refractivity contribution in [1.29, 1.82) is 0 Å². The van der Waals surface area contributed by atoms with Gasteiger partial charge in [-0.15, -0.1) is 12.4 Å². The van der Waals surface area contributed by atoms with Gasteiger partial charge in [0.2, 0.25) is 0 Å². The third-order valence-electron chi connectivity index (χ3n) is 4.40. The van der Waals surface area contributed by atoms with Crippen LogP contribution in [0.4, 0.5) is 8.78 Å². The molecule has 4 rings (SSSR count). The van der Waals surface area contributed by atoms with Crippen molar-refractivity contribution >= 4 is 23.3 Å². The van der Waals surface area contributed by atoms with Crippen molar-refractivity contribution in [3.8, 4) is 5.69 Å². The van der Waals surface area contributed by atoms with Crippen LogP contribution in [-0.4, -0.2) is 19.7 Å². The van der Waals surface area contributed by atoms with Crippen LogP contribution in [0, 0.1) is 18.6 Å². The summed E-state index contributed by atoms with van der Waals surface area (Å²) in [6.45, 7) is 1.80. The second-order valence-electron chi connectivity index (χ2n) is 6.36. The minimum absolute atomic E-state index is 0. The third kappa shape index (κ3) is 3.72. The number of nitrogens with two attached hydrogens (primary N) is 1. The van der Waals surface area contributed by atoms with Gasteiger partial charge in [0.05, 0.1) is 34.8 Å². The molecule has 1 atom stereocenters. The van der Waals surface area contributed by atoms with E-state index < -0.39 is 11.9 Å². The second-order valence-corrected chi connectivity index (χ2v) is 6.36. The van der Waals surface area contributed by atoms with Gasteiger partial charge in [-0.3, -0.25) is 9.97 Å². The first-order valence-corrected chi connectivity index (χ1v) is 8.49. The molecule has 3 heterocycles. The molecule has 0 radical (unpaired) electrons. The molecular formula is C20H18ClF2N5. The van der Waals surface area contributed by atoms with E-state index in [1.54, 1.807) is 42.2 Å². The molecule has 0 saturated carbocycles. The number of aromatic nitrogens is 4. The van der Waals surface area contributed by atoms with E-state index in [4.69, 9.17) is 5.73 Å². The molecule has 4 aromatic rings. The van der Waals surface area contributed by atoms with Crippen LogP contribution in [-0.2, 0) is 6.42 Å². The smallest absolute Gasteiger partial charge is 0.144 e. The van der Waals surface area contributed by atoms with E-state index in [-0.39, 0.29) is 24.6 Å². The van der Waals surface area contributed by atoms with Crippen LogP contribution >= 0.6 is 12.4 Å². The number of nitrogens with zero attached hydrogens (tertiary/aromatic N) is 4. The number of benzene rings is 1. The molecule has 0 fully saturated rings. The van der Waals surface area contributed by atoms with E-state index in [0.29, 0.717) is 22.5 Å². The van der Waals surface area contributed by atoms with Crippen LogP contribution in [0.15, 0.2) is 54.9 Å².